The number of carbonyl (C=O) groups excluding carboxylic acids is 4. The van der Waals surface area contributed by atoms with Crippen LogP contribution in [0.4, 0.5) is 0 Å². The van der Waals surface area contributed by atoms with Gasteiger partial charge in [0.2, 0.25) is 23.6 Å². The largest absolute Gasteiger partial charge is 0.352 e. The SMILES string of the molecule is O=C(NC1CCCCC1)[C@H](Cc1ccccc1)N(Cc1ccccc1)C(=O)CCN1C(=O)[C@H]2CC=CC[C@H]2C1=O. The van der Waals surface area contributed by atoms with Gasteiger partial charge in [0.05, 0.1) is 11.8 Å². The van der Waals surface area contributed by atoms with Crippen molar-refractivity contribution in [3.05, 3.63) is 83.9 Å². The zero-order valence-corrected chi connectivity index (χ0v) is 23.0. The van der Waals surface area contributed by atoms with E-state index in [1.54, 1.807) is 4.90 Å². The first kappa shape index (κ1) is 27.8. The van der Waals surface area contributed by atoms with Crippen molar-refractivity contribution in [3.63, 3.8) is 0 Å². The molecule has 4 amide bonds. The number of hydrogen-bond acceptors (Lipinski definition) is 4. The molecule has 2 aromatic carbocycles. The van der Waals surface area contributed by atoms with Crippen molar-refractivity contribution >= 4 is 23.6 Å². The molecule has 7 heteroatoms. The molecule has 1 saturated carbocycles. The van der Waals surface area contributed by atoms with E-state index in [9.17, 15) is 19.2 Å². The van der Waals surface area contributed by atoms with E-state index in [0.29, 0.717) is 19.3 Å². The van der Waals surface area contributed by atoms with Gasteiger partial charge in [-0.3, -0.25) is 24.1 Å². The highest BCUT2D eigenvalue weighted by Gasteiger charge is 2.47. The molecule has 2 fully saturated rings. The number of benzene rings is 2. The summed E-state index contributed by atoms with van der Waals surface area (Å²) in [5, 5.41) is 3.25. The number of carbonyl (C=O) groups is 4. The quantitative estimate of drug-likeness (QED) is 0.357. The van der Waals surface area contributed by atoms with Crippen LogP contribution in [0.2, 0.25) is 0 Å². The van der Waals surface area contributed by atoms with Crippen molar-refractivity contribution < 1.29 is 19.2 Å². The zero-order chi connectivity index (χ0) is 27.9. The van der Waals surface area contributed by atoms with Gasteiger partial charge in [-0.2, -0.15) is 0 Å². The van der Waals surface area contributed by atoms with Crippen LogP contribution in [0.3, 0.4) is 0 Å². The van der Waals surface area contributed by atoms with E-state index in [4.69, 9.17) is 0 Å². The maximum Gasteiger partial charge on any atom is 0.243 e. The second-order valence-corrected chi connectivity index (χ2v) is 11.3. The fraction of sp³-hybridized carbons (Fsp3) is 0.455. The molecule has 40 heavy (non-hydrogen) atoms. The molecule has 5 rings (SSSR count). The lowest BCUT2D eigenvalue weighted by Crippen LogP contribution is -2.53. The van der Waals surface area contributed by atoms with Gasteiger partial charge in [-0.15, -0.1) is 0 Å². The predicted octanol–water partition coefficient (Wildman–Crippen LogP) is 4.42. The van der Waals surface area contributed by atoms with E-state index >= 15 is 0 Å². The highest BCUT2D eigenvalue weighted by atomic mass is 16.2. The van der Waals surface area contributed by atoms with E-state index in [0.717, 1.165) is 36.8 Å². The summed E-state index contributed by atoms with van der Waals surface area (Å²) in [6.45, 7) is 0.309. The van der Waals surface area contributed by atoms with E-state index in [-0.39, 0.29) is 61.0 Å². The van der Waals surface area contributed by atoms with Gasteiger partial charge in [-0.1, -0.05) is 92.1 Å². The van der Waals surface area contributed by atoms with Crippen molar-refractivity contribution in [1.82, 2.24) is 15.1 Å². The Bertz CT molecular complexity index is 1200. The molecule has 1 N–H and O–H groups in total. The molecule has 0 aromatic heterocycles. The number of imide groups is 1. The molecule has 0 radical (unpaired) electrons. The number of allylic oxidation sites excluding steroid dienone is 2. The molecule has 0 unspecified atom stereocenters. The van der Waals surface area contributed by atoms with Crippen LogP contribution in [0.25, 0.3) is 0 Å². The molecule has 2 aromatic rings. The van der Waals surface area contributed by atoms with Gasteiger partial charge < -0.3 is 10.2 Å². The van der Waals surface area contributed by atoms with Crippen LogP contribution in [0, 0.1) is 11.8 Å². The number of rotatable bonds is 10. The molecule has 1 saturated heterocycles. The molecule has 7 nitrogen and oxygen atoms in total. The van der Waals surface area contributed by atoms with Crippen LogP contribution >= 0.6 is 0 Å². The first-order chi connectivity index (χ1) is 19.5. The van der Waals surface area contributed by atoms with Gasteiger partial charge in [0.1, 0.15) is 6.04 Å². The number of nitrogens with zero attached hydrogens (tertiary/aromatic N) is 2. The fourth-order valence-corrected chi connectivity index (χ4v) is 6.32. The molecule has 1 aliphatic heterocycles. The topological polar surface area (TPSA) is 86.8 Å². The average Bonchev–Trinajstić information content (AvgIpc) is 3.24. The summed E-state index contributed by atoms with van der Waals surface area (Å²) in [4.78, 5) is 56.7. The van der Waals surface area contributed by atoms with Crippen molar-refractivity contribution in [2.24, 2.45) is 11.8 Å². The zero-order valence-electron chi connectivity index (χ0n) is 23.0. The van der Waals surface area contributed by atoms with Gasteiger partial charge in [0.25, 0.3) is 0 Å². The Morgan fingerprint density at radius 3 is 2.00 bits per heavy atom. The Morgan fingerprint density at radius 2 is 1.40 bits per heavy atom. The van der Waals surface area contributed by atoms with Crippen LogP contribution in [0.1, 0.15) is 62.5 Å². The van der Waals surface area contributed by atoms with Crippen LogP contribution in [-0.4, -0.2) is 52.1 Å². The van der Waals surface area contributed by atoms with Gasteiger partial charge >= 0.3 is 0 Å². The Balaban J connectivity index is 1.37. The third-order valence-electron chi connectivity index (χ3n) is 8.57. The van der Waals surface area contributed by atoms with Crippen molar-refractivity contribution in [2.45, 2.75) is 76.4 Å². The van der Waals surface area contributed by atoms with Crippen LogP contribution in [0.15, 0.2) is 72.8 Å². The Morgan fingerprint density at radius 1 is 0.825 bits per heavy atom. The van der Waals surface area contributed by atoms with Crippen molar-refractivity contribution in [2.75, 3.05) is 6.54 Å². The van der Waals surface area contributed by atoms with Gasteiger partial charge in [-0.05, 0) is 36.8 Å². The van der Waals surface area contributed by atoms with E-state index < -0.39 is 6.04 Å². The van der Waals surface area contributed by atoms with E-state index in [1.165, 1.54) is 11.3 Å². The third kappa shape index (κ3) is 6.52. The standard InChI is InChI=1S/C33H39N3O4/c37-30(20-21-35-32(39)27-18-10-11-19-28(27)33(35)40)36(23-25-14-6-2-7-15-25)29(22-24-12-4-1-5-13-24)31(38)34-26-16-8-3-9-17-26/h1-2,4-7,10-15,26-29H,3,8-9,16-23H2,(H,34,38)/t27-,28+,29-/m0/s1. The molecular weight excluding hydrogens is 502 g/mol. The van der Waals surface area contributed by atoms with Crippen LogP contribution in [0.5, 0.6) is 0 Å². The molecule has 0 bridgehead atoms. The maximum atomic E-state index is 13.9. The molecular formula is C33H39N3O4. The number of nitrogens with one attached hydrogen (secondary N) is 1. The second-order valence-electron chi connectivity index (χ2n) is 11.3. The molecule has 2 aliphatic carbocycles. The van der Waals surface area contributed by atoms with Crippen molar-refractivity contribution in [1.29, 1.82) is 0 Å². The molecule has 210 valence electrons. The lowest BCUT2D eigenvalue weighted by Gasteiger charge is -2.34. The molecule has 1 heterocycles. The first-order valence-electron chi connectivity index (χ1n) is 14.7. The maximum absolute atomic E-state index is 13.9. The smallest absolute Gasteiger partial charge is 0.243 e. The van der Waals surface area contributed by atoms with Gasteiger partial charge in [0, 0.05) is 32.0 Å². The Hall–Kier alpha value is -3.74. The number of fused-ring (bicyclic) bond motifs is 1. The molecule has 0 spiro atoms. The van der Waals surface area contributed by atoms with Crippen LogP contribution in [-0.2, 0) is 32.1 Å². The average molecular weight is 542 g/mol. The lowest BCUT2D eigenvalue weighted by molar-refractivity contribution is -0.144. The van der Waals surface area contributed by atoms with Crippen LogP contribution < -0.4 is 5.32 Å². The Kier molecular flexibility index (Phi) is 9.09. The van der Waals surface area contributed by atoms with Gasteiger partial charge in [-0.25, -0.2) is 0 Å². The Labute approximate surface area is 236 Å². The minimum absolute atomic E-state index is 0.0147. The number of likely N-dealkylation sites (tertiary alicyclic amines) is 1. The van der Waals surface area contributed by atoms with Crippen molar-refractivity contribution in [3.8, 4) is 0 Å². The summed E-state index contributed by atoms with van der Waals surface area (Å²) in [6.07, 6.45) is 10.7. The normalized spacial score (nSPS) is 21.6. The summed E-state index contributed by atoms with van der Waals surface area (Å²) < 4.78 is 0. The summed E-state index contributed by atoms with van der Waals surface area (Å²) in [5.74, 6) is -1.39. The van der Waals surface area contributed by atoms with Gasteiger partial charge in [0.15, 0.2) is 0 Å². The number of hydrogen-bond donors (Lipinski definition) is 1. The summed E-state index contributed by atoms with van der Waals surface area (Å²) in [5.41, 5.74) is 1.89. The highest BCUT2D eigenvalue weighted by molar-refractivity contribution is 6.05. The first-order valence-corrected chi connectivity index (χ1v) is 14.7. The minimum atomic E-state index is -0.714. The third-order valence-corrected chi connectivity index (χ3v) is 8.57. The lowest BCUT2D eigenvalue weighted by atomic mass is 9.85. The molecule has 3 aliphatic rings. The summed E-state index contributed by atoms with van der Waals surface area (Å²) in [6, 6.07) is 18.8. The minimum Gasteiger partial charge on any atom is -0.352 e. The highest BCUT2D eigenvalue weighted by Crippen LogP contribution is 2.35. The van der Waals surface area contributed by atoms with E-state index in [2.05, 4.69) is 5.32 Å². The second kappa shape index (κ2) is 13.1. The van der Waals surface area contributed by atoms with E-state index in [1.807, 2.05) is 72.8 Å². The fourth-order valence-electron chi connectivity index (χ4n) is 6.32. The summed E-state index contributed by atoms with van der Waals surface area (Å²) in [7, 11) is 0. The number of amides is 4. The monoisotopic (exact) mass is 541 g/mol. The molecule has 3 atom stereocenters. The summed E-state index contributed by atoms with van der Waals surface area (Å²) >= 11 is 0. The predicted molar refractivity (Wildman–Crippen MR) is 153 cm³/mol.